The summed E-state index contributed by atoms with van der Waals surface area (Å²) in [5.74, 6) is 4.71. The summed E-state index contributed by atoms with van der Waals surface area (Å²) in [6.45, 7) is -0.809. The largest absolute Gasteiger partial charge is 0.384 e. The Hall–Kier alpha value is -1.68. The minimum atomic E-state index is -2.52. The van der Waals surface area contributed by atoms with Gasteiger partial charge in [-0.3, -0.25) is 4.79 Å². The lowest BCUT2D eigenvalue weighted by atomic mass is 10.1. The molecule has 2 N–H and O–H groups in total. The molecule has 7 heteroatoms. The zero-order chi connectivity index (χ0) is 15.7. The van der Waals surface area contributed by atoms with E-state index in [-0.39, 0.29) is 30.7 Å². The van der Waals surface area contributed by atoms with Crippen LogP contribution in [0, 0.1) is 11.8 Å². The van der Waals surface area contributed by atoms with E-state index in [4.69, 9.17) is 16.7 Å². The van der Waals surface area contributed by atoms with Crippen molar-refractivity contribution in [1.82, 2.24) is 5.32 Å². The molecule has 0 bridgehead atoms. The van der Waals surface area contributed by atoms with Crippen LogP contribution in [0.15, 0.2) is 18.2 Å². The van der Waals surface area contributed by atoms with E-state index in [1.54, 1.807) is 6.07 Å². The Morgan fingerprint density at radius 3 is 2.86 bits per heavy atom. The smallest absolute Gasteiger partial charge is 0.261 e. The van der Waals surface area contributed by atoms with Crippen molar-refractivity contribution >= 4 is 17.5 Å². The summed E-state index contributed by atoms with van der Waals surface area (Å²) in [7, 11) is 0. The van der Waals surface area contributed by atoms with Crippen LogP contribution in [0.5, 0.6) is 0 Å². The molecule has 1 rings (SSSR count). The molecule has 0 aliphatic rings. The standard InChI is InChI=1S/C14H14ClF2NO3/c15-12-8-11(4-3-10(12)2-1-6-19)14(20)18-5-7-21-9-13(16)17/h3-4,8,13,19H,5-7,9H2,(H,18,20). The van der Waals surface area contributed by atoms with Gasteiger partial charge >= 0.3 is 0 Å². The molecule has 1 amide bonds. The second kappa shape index (κ2) is 9.29. The van der Waals surface area contributed by atoms with Crippen molar-refractivity contribution in [2.45, 2.75) is 6.43 Å². The van der Waals surface area contributed by atoms with E-state index in [1.165, 1.54) is 12.1 Å². The van der Waals surface area contributed by atoms with Gasteiger partial charge < -0.3 is 15.2 Å². The molecule has 4 nitrogen and oxygen atoms in total. The number of hydrogen-bond donors (Lipinski definition) is 2. The highest BCUT2D eigenvalue weighted by atomic mass is 35.5. The number of carbonyl (C=O) groups excluding carboxylic acids is 1. The fourth-order valence-electron chi connectivity index (χ4n) is 1.40. The zero-order valence-electron chi connectivity index (χ0n) is 11.0. The van der Waals surface area contributed by atoms with Crippen molar-refractivity contribution in [3.8, 4) is 11.8 Å². The molecule has 1 aromatic carbocycles. The molecular formula is C14H14ClF2NO3. The predicted octanol–water partition coefficient (Wildman–Crippen LogP) is 1.70. The molecule has 0 radical (unpaired) electrons. The van der Waals surface area contributed by atoms with Gasteiger partial charge in [0.05, 0.1) is 11.6 Å². The monoisotopic (exact) mass is 317 g/mol. The number of nitrogens with one attached hydrogen (secondary N) is 1. The predicted molar refractivity (Wildman–Crippen MR) is 74.6 cm³/mol. The number of ether oxygens (including phenoxy) is 1. The third-order valence-corrected chi connectivity index (χ3v) is 2.62. The molecule has 0 fully saturated rings. The molecule has 0 heterocycles. The van der Waals surface area contributed by atoms with Gasteiger partial charge in [-0.25, -0.2) is 8.78 Å². The van der Waals surface area contributed by atoms with Crippen molar-refractivity contribution < 1.29 is 23.4 Å². The topological polar surface area (TPSA) is 58.6 Å². The molecule has 0 aliphatic heterocycles. The van der Waals surface area contributed by atoms with Crippen LogP contribution >= 0.6 is 11.6 Å². The number of alkyl halides is 2. The van der Waals surface area contributed by atoms with Crippen molar-refractivity contribution in [1.29, 1.82) is 0 Å². The molecule has 0 unspecified atom stereocenters. The van der Waals surface area contributed by atoms with Crippen LogP contribution in [0.25, 0.3) is 0 Å². The maximum atomic E-state index is 11.8. The van der Waals surface area contributed by atoms with Gasteiger partial charge in [-0.2, -0.15) is 0 Å². The van der Waals surface area contributed by atoms with Gasteiger partial charge in [-0.1, -0.05) is 23.4 Å². The van der Waals surface area contributed by atoms with Gasteiger partial charge in [0.25, 0.3) is 12.3 Å². The molecule has 1 aromatic rings. The van der Waals surface area contributed by atoms with Gasteiger partial charge in [0.2, 0.25) is 0 Å². The Labute approximate surface area is 126 Å². The molecule has 21 heavy (non-hydrogen) atoms. The normalized spacial score (nSPS) is 10.1. The zero-order valence-corrected chi connectivity index (χ0v) is 11.8. The fraction of sp³-hybridized carbons (Fsp3) is 0.357. The molecule has 0 aliphatic carbocycles. The van der Waals surface area contributed by atoms with Crippen molar-refractivity contribution in [3.05, 3.63) is 34.3 Å². The number of amides is 1. The minimum Gasteiger partial charge on any atom is -0.384 e. The summed E-state index contributed by atoms with van der Waals surface area (Å²) in [5.41, 5.74) is 0.825. The summed E-state index contributed by atoms with van der Waals surface area (Å²) < 4.78 is 28.2. The Morgan fingerprint density at radius 1 is 1.48 bits per heavy atom. The number of carbonyl (C=O) groups is 1. The molecule has 114 valence electrons. The Morgan fingerprint density at radius 2 is 2.24 bits per heavy atom. The number of benzene rings is 1. The Bertz CT molecular complexity index is 541. The van der Waals surface area contributed by atoms with Crippen molar-refractivity contribution in [2.24, 2.45) is 0 Å². The van der Waals surface area contributed by atoms with E-state index in [2.05, 4.69) is 21.9 Å². The average molecular weight is 318 g/mol. The molecule has 0 aromatic heterocycles. The molecule has 0 atom stereocenters. The van der Waals surface area contributed by atoms with Gasteiger partial charge in [-0.05, 0) is 18.2 Å². The van der Waals surface area contributed by atoms with E-state index in [1.807, 2.05) is 0 Å². The lowest BCUT2D eigenvalue weighted by Gasteiger charge is -2.07. The second-order valence-electron chi connectivity index (χ2n) is 3.88. The average Bonchev–Trinajstić information content (AvgIpc) is 2.45. The number of aliphatic hydroxyl groups excluding tert-OH is 1. The first-order valence-corrected chi connectivity index (χ1v) is 6.45. The van der Waals surface area contributed by atoms with Crippen LogP contribution in [0.4, 0.5) is 8.78 Å². The van der Waals surface area contributed by atoms with Crippen LogP contribution < -0.4 is 5.32 Å². The van der Waals surface area contributed by atoms with Crippen molar-refractivity contribution in [3.63, 3.8) is 0 Å². The summed E-state index contributed by atoms with van der Waals surface area (Å²) in [4.78, 5) is 11.8. The molecule has 0 spiro atoms. The molecule has 0 saturated carbocycles. The third kappa shape index (κ3) is 6.54. The van der Waals surface area contributed by atoms with Crippen molar-refractivity contribution in [2.75, 3.05) is 26.4 Å². The van der Waals surface area contributed by atoms with E-state index in [0.29, 0.717) is 11.1 Å². The summed E-state index contributed by atoms with van der Waals surface area (Å²) in [5, 5.41) is 11.4. The highest BCUT2D eigenvalue weighted by Gasteiger charge is 2.08. The van der Waals surface area contributed by atoms with E-state index >= 15 is 0 Å². The van der Waals surface area contributed by atoms with E-state index in [0.717, 1.165) is 0 Å². The quantitative estimate of drug-likeness (QED) is 0.620. The van der Waals surface area contributed by atoms with Crippen LogP contribution in [-0.4, -0.2) is 43.8 Å². The van der Waals surface area contributed by atoms with Gasteiger partial charge in [0.1, 0.15) is 13.2 Å². The SMILES string of the molecule is O=C(NCCOCC(F)F)c1ccc(C#CCO)c(Cl)c1. The second-order valence-corrected chi connectivity index (χ2v) is 4.28. The first kappa shape index (κ1) is 17.4. The highest BCUT2D eigenvalue weighted by Crippen LogP contribution is 2.16. The third-order valence-electron chi connectivity index (χ3n) is 2.31. The molecule has 0 saturated heterocycles. The minimum absolute atomic E-state index is 0.00384. The van der Waals surface area contributed by atoms with E-state index in [9.17, 15) is 13.6 Å². The van der Waals surface area contributed by atoms with E-state index < -0.39 is 13.0 Å². The molecular weight excluding hydrogens is 304 g/mol. The summed E-state index contributed by atoms with van der Waals surface area (Å²) in [6.07, 6.45) is -2.52. The lowest BCUT2D eigenvalue weighted by Crippen LogP contribution is -2.27. The maximum absolute atomic E-state index is 11.8. The Kier molecular flexibility index (Phi) is 7.69. The van der Waals surface area contributed by atoms with Crippen LogP contribution in [-0.2, 0) is 4.74 Å². The maximum Gasteiger partial charge on any atom is 0.261 e. The summed E-state index contributed by atoms with van der Waals surface area (Å²) >= 11 is 5.96. The van der Waals surface area contributed by atoms with Crippen LogP contribution in [0.1, 0.15) is 15.9 Å². The first-order valence-electron chi connectivity index (χ1n) is 6.08. The van der Waals surface area contributed by atoms with Crippen LogP contribution in [0.2, 0.25) is 5.02 Å². The number of hydrogen-bond acceptors (Lipinski definition) is 3. The first-order chi connectivity index (χ1) is 10.0. The lowest BCUT2D eigenvalue weighted by molar-refractivity contribution is 0.0188. The van der Waals surface area contributed by atoms with Gasteiger partial charge in [0.15, 0.2) is 0 Å². The summed E-state index contributed by atoms with van der Waals surface area (Å²) in [6, 6.07) is 4.54. The van der Waals surface area contributed by atoms with Gasteiger partial charge in [-0.15, -0.1) is 0 Å². The highest BCUT2D eigenvalue weighted by molar-refractivity contribution is 6.32. The fourth-order valence-corrected chi connectivity index (χ4v) is 1.63. The Balaban J connectivity index is 2.49. The number of halogens is 3. The van der Waals surface area contributed by atoms with Gasteiger partial charge in [0, 0.05) is 17.7 Å². The van der Waals surface area contributed by atoms with Crippen LogP contribution in [0.3, 0.4) is 0 Å². The number of rotatable bonds is 6. The number of aliphatic hydroxyl groups is 1.